The summed E-state index contributed by atoms with van der Waals surface area (Å²) in [5.74, 6) is 0.663. The van der Waals surface area contributed by atoms with Crippen molar-refractivity contribution >= 4 is 28.5 Å². The van der Waals surface area contributed by atoms with Gasteiger partial charge in [0.15, 0.2) is 5.75 Å². The van der Waals surface area contributed by atoms with Gasteiger partial charge in [-0.15, -0.1) is 0 Å². The van der Waals surface area contributed by atoms with E-state index in [0.29, 0.717) is 52.5 Å². The molecule has 1 aliphatic carbocycles. The van der Waals surface area contributed by atoms with E-state index in [0.717, 1.165) is 5.56 Å². The first-order valence-electron chi connectivity index (χ1n) is 10.6. The predicted molar refractivity (Wildman–Crippen MR) is 124 cm³/mol. The van der Waals surface area contributed by atoms with E-state index in [9.17, 15) is 9.59 Å². The number of anilines is 1. The minimum absolute atomic E-state index is 0.380. The zero-order valence-corrected chi connectivity index (χ0v) is 18.6. The number of primary amides is 1. The molecule has 0 aliphatic heterocycles. The number of ether oxygens (including phenoxy) is 2. The lowest BCUT2D eigenvalue weighted by atomic mass is 10.1. The molecule has 0 saturated heterocycles. The highest BCUT2D eigenvalue weighted by atomic mass is 16.5. The second kappa shape index (κ2) is 8.14. The molecular weight excluding hydrogens is 436 g/mol. The lowest BCUT2D eigenvalue weighted by Crippen LogP contribution is -2.36. The Morgan fingerprint density at radius 2 is 1.91 bits per heavy atom. The number of nitrogens with zero attached hydrogens (tertiary/aromatic N) is 4. The van der Waals surface area contributed by atoms with Crippen LogP contribution in [0.3, 0.4) is 0 Å². The molecule has 0 atom stereocenters. The fraction of sp³-hybridized carbons (Fsp3) is 0.208. The summed E-state index contributed by atoms with van der Waals surface area (Å²) >= 11 is 0. The highest BCUT2D eigenvalue weighted by molar-refractivity contribution is 6.12. The minimum Gasteiger partial charge on any atom is -0.494 e. The van der Waals surface area contributed by atoms with Crippen molar-refractivity contribution < 1.29 is 19.1 Å². The van der Waals surface area contributed by atoms with Crippen LogP contribution in [0.1, 0.15) is 12.8 Å². The number of rotatable bonds is 7. The predicted octanol–water partition coefficient (Wildman–Crippen LogP) is 3.04. The molecule has 0 spiro atoms. The molecule has 2 amide bonds. The van der Waals surface area contributed by atoms with E-state index in [1.165, 1.54) is 0 Å². The molecule has 3 aromatic heterocycles. The fourth-order valence-corrected chi connectivity index (χ4v) is 3.71. The first-order valence-corrected chi connectivity index (χ1v) is 10.6. The van der Waals surface area contributed by atoms with Crippen molar-refractivity contribution in [1.29, 1.82) is 0 Å². The summed E-state index contributed by atoms with van der Waals surface area (Å²) in [6.07, 6.45) is 6.15. The Kier molecular flexibility index (Phi) is 5.12. The molecule has 10 heteroatoms. The molecule has 1 aromatic carbocycles. The highest BCUT2D eigenvalue weighted by Crippen LogP contribution is 2.46. The molecule has 5 rings (SSSR count). The molecule has 10 nitrogen and oxygen atoms in total. The number of fused-ring (bicyclic) bond motifs is 1. The van der Waals surface area contributed by atoms with Gasteiger partial charge in [-0.1, -0.05) is 0 Å². The summed E-state index contributed by atoms with van der Waals surface area (Å²) in [6, 6.07) is 10.4. The number of amides is 2. The van der Waals surface area contributed by atoms with Crippen molar-refractivity contribution in [2.75, 3.05) is 12.4 Å². The maximum Gasteiger partial charge on any atom is 0.240 e. The van der Waals surface area contributed by atoms with Crippen molar-refractivity contribution in [2.24, 2.45) is 18.2 Å². The van der Waals surface area contributed by atoms with Crippen molar-refractivity contribution in [3.63, 3.8) is 0 Å². The maximum absolute atomic E-state index is 12.4. The van der Waals surface area contributed by atoms with Crippen LogP contribution in [0.25, 0.3) is 22.3 Å². The second-order valence-electron chi connectivity index (χ2n) is 8.15. The van der Waals surface area contributed by atoms with Crippen molar-refractivity contribution in [3.8, 4) is 28.5 Å². The average molecular weight is 458 g/mol. The number of aryl methyl sites for hydroxylation is 1. The lowest BCUT2D eigenvalue weighted by molar-refractivity contribution is -0.132. The smallest absolute Gasteiger partial charge is 0.240 e. The third-order valence-electron chi connectivity index (χ3n) is 5.83. The first-order chi connectivity index (χ1) is 16.4. The van der Waals surface area contributed by atoms with E-state index in [4.69, 9.17) is 20.2 Å². The summed E-state index contributed by atoms with van der Waals surface area (Å²) in [7, 11) is 3.41. The number of nitrogens with two attached hydrogens (primary N) is 1. The van der Waals surface area contributed by atoms with E-state index in [2.05, 4.69) is 15.4 Å². The van der Waals surface area contributed by atoms with Gasteiger partial charge in [0.1, 0.15) is 28.1 Å². The standard InChI is InChI=1S/C24H22N6O4/c1-30-13-14(12-27-30)20-19(33-2)11-17-21(29-20)18(7-10-26-17)34-16-5-3-15(4-6-16)28-23(32)24(8-9-24)22(25)31/h3-7,10-13H,8-9H2,1-2H3,(H2,25,31)(H,28,32). The minimum atomic E-state index is -1.08. The molecular formula is C24H22N6O4. The van der Waals surface area contributed by atoms with Crippen LogP contribution in [-0.2, 0) is 16.6 Å². The topological polar surface area (TPSA) is 134 Å². The number of nitrogens with one attached hydrogen (secondary N) is 1. The second-order valence-corrected chi connectivity index (χ2v) is 8.15. The Bertz CT molecular complexity index is 1410. The van der Waals surface area contributed by atoms with Crippen LogP contribution >= 0.6 is 0 Å². The van der Waals surface area contributed by atoms with E-state index < -0.39 is 11.3 Å². The van der Waals surface area contributed by atoms with Crippen LogP contribution in [-0.4, -0.2) is 38.7 Å². The number of methoxy groups -OCH3 is 1. The van der Waals surface area contributed by atoms with Crippen LogP contribution in [0.5, 0.6) is 17.2 Å². The van der Waals surface area contributed by atoms with Gasteiger partial charge in [0.2, 0.25) is 11.8 Å². The number of carbonyl (C=O) groups excluding carboxylic acids is 2. The number of pyridine rings is 2. The van der Waals surface area contributed by atoms with Crippen LogP contribution in [0.15, 0.2) is 55.0 Å². The van der Waals surface area contributed by atoms with E-state index >= 15 is 0 Å². The Morgan fingerprint density at radius 3 is 2.53 bits per heavy atom. The molecule has 1 saturated carbocycles. The van der Waals surface area contributed by atoms with Gasteiger partial charge >= 0.3 is 0 Å². The molecule has 3 N–H and O–H groups in total. The summed E-state index contributed by atoms with van der Waals surface area (Å²) in [4.78, 5) is 33.1. The molecule has 3 heterocycles. The maximum atomic E-state index is 12.4. The normalized spacial score (nSPS) is 13.9. The zero-order valence-electron chi connectivity index (χ0n) is 18.6. The van der Waals surface area contributed by atoms with Crippen LogP contribution in [0, 0.1) is 5.41 Å². The Balaban J connectivity index is 1.41. The molecule has 0 bridgehead atoms. The van der Waals surface area contributed by atoms with Gasteiger partial charge in [-0.25, -0.2) is 4.98 Å². The van der Waals surface area contributed by atoms with Crippen molar-refractivity contribution in [3.05, 3.63) is 55.0 Å². The van der Waals surface area contributed by atoms with Gasteiger partial charge in [-0.3, -0.25) is 19.3 Å². The molecule has 1 fully saturated rings. The molecule has 34 heavy (non-hydrogen) atoms. The van der Waals surface area contributed by atoms with Gasteiger partial charge < -0.3 is 20.5 Å². The van der Waals surface area contributed by atoms with Gasteiger partial charge in [-0.05, 0) is 37.1 Å². The Labute approximate surface area is 194 Å². The molecule has 0 radical (unpaired) electrons. The molecule has 0 unspecified atom stereocenters. The number of hydrogen-bond donors (Lipinski definition) is 2. The van der Waals surface area contributed by atoms with Gasteiger partial charge in [-0.2, -0.15) is 5.10 Å². The molecule has 4 aromatic rings. The number of aromatic nitrogens is 4. The third kappa shape index (κ3) is 3.79. The van der Waals surface area contributed by atoms with E-state index in [1.54, 1.807) is 54.5 Å². The summed E-state index contributed by atoms with van der Waals surface area (Å²) in [5.41, 5.74) is 7.45. The summed E-state index contributed by atoms with van der Waals surface area (Å²) < 4.78 is 13.3. The van der Waals surface area contributed by atoms with Crippen LogP contribution in [0.2, 0.25) is 0 Å². The summed E-state index contributed by atoms with van der Waals surface area (Å²) in [5, 5.41) is 6.96. The van der Waals surface area contributed by atoms with Crippen molar-refractivity contribution in [2.45, 2.75) is 12.8 Å². The highest BCUT2D eigenvalue weighted by Gasteiger charge is 2.55. The number of benzene rings is 1. The Morgan fingerprint density at radius 1 is 1.15 bits per heavy atom. The first kappa shape index (κ1) is 21.4. The van der Waals surface area contributed by atoms with Crippen molar-refractivity contribution in [1.82, 2.24) is 19.7 Å². The van der Waals surface area contributed by atoms with Crippen LogP contribution < -0.4 is 20.5 Å². The average Bonchev–Trinajstić information content (AvgIpc) is 3.55. The fourth-order valence-electron chi connectivity index (χ4n) is 3.71. The van der Waals surface area contributed by atoms with Gasteiger partial charge in [0.25, 0.3) is 0 Å². The SMILES string of the molecule is COc1cc2nccc(Oc3ccc(NC(=O)C4(C(N)=O)CC4)cc3)c2nc1-c1cnn(C)c1. The van der Waals surface area contributed by atoms with E-state index in [-0.39, 0.29) is 5.91 Å². The molecule has 172 valence electrons. The molecule has 1 aliphatic rings. The number of carbonyl (C=O) groups is 2. The number of hydrogen-bond acceptors (Lipinski definition) is 7. The summed E-state index contributed by atoms with van der Waals surface area (Å²) in [6.45, 7) is 0. The van der Waals surface area contributed by atoms with Gasteiger partial charge in [0, 0.05) is 42.8 Å². The van der Waals surface area contributed by atoms with Crippen LogP contribution in [0.4, 0.5) is 5.69 Å². The largest absolute Gasteiger partial charge is 0.494 e. The monoisotopic (exact) mass is 458 g/mol. The Hall–Kier alpha value is -4.47. The third-order valence-corrected chi connectivity index (χ3v) is 5.83. The lowest BCUT2D eigenvalue weighted by Gasteiger charge is -2.13. The van der Waals surface area contributed by atoms with E-state index in [1.807, 2.05) is 19.3 Å². The zero-order chi connectivity index (χ0) is 23.9. The van der Waals surface area contributed by atoms with Gasteiger partial charge in [0.05, 0.1) is 18.8 Å². The quantitative estimate of drug-likeness (QED) is 0.407.